The van der Waals surface area contributed by atoms with Crippen LogP contribution in [0.25, 0.3) is 0 Å². The summed E-state index contributed by atoms with van der Waals surface area (Å²) in [7, 11) is 0. The van der Waals surface area contributed by atoms with Crippen molar-refractivity contribution >= 4 is 17.9 Å². The maximum absolute atomic E-state index is 12.8. The summed E-state index contributed by atoms with van der Waals surface area (Å²) in [6.45, 7) is 6.57. The molecule has 6 nitrogen and oxygen atoms in total. The number of hydrogen-bond acceptors (Lipinski definition) is 6. The minimum Gasteiger partial charge on any atom is -0.462 e. The van der Waals surface area contributed by atoms with Crippen LogP contribution in [-0.4, -0.2) is 37.2 Å². The molecule has 0 aliphatic heterocycles. The van der Waals surface area contributed by atoms with Crippen molar-refractivity contribution in [3.63, 3.8) is 0 Å². The topological polar surface area (TPSA) is 78.9 Å². The maximum Gasteiger partial charge on any atom is 0.306 e. The number of ether oxygens (including phenoxy) is 3. The fourth-order valence-corrected chi connectivity index (χ4v) is 7.42. The van der Waals surface area contributed by atoms with Gasteiger partial charge in [-0.15, -0.1) is 0 Å². The zero-order chi connectivity index (χ0) is 43.7. The van der Waals surface area contributed by atoms with E-state index in [2.05, 4.69) is 57.2 Å². The number of rotatable bonds is 47. The molecular weight excluding hydrogens is 745 g/mol. The lowest BCUT2D eigenvalue weighted by Crippen LogP contribution is -2.30. The Hall–Kier alpha value is -2.37. The van der Waals surface area contributed by atoms with E-state index in [4.69, 9.17) is 14.2 Å². The van der Waals surface area contributed by atoms with Crippen molar-refractivity contribution in [3.8, 4) is 0 Å². The van der Waals surface area contributed by atoms with Gasteiger partial charge in [0.25, 0.3) is 0 Å². The highest BCUT2D eigenvalue weighted by Crippen LogP contribution is 2.15. The monoisotopic (exact) mass is 843 g/mol. The Morgan fingerprint density at radius 3 is 1.00 bits per heavy atom. The number of carbonyl (C=O) groups is 3. The second kappa shape index (κ2) is 49.3. The second-order valence-electron chi connectivity index (χ2n) is 17.4. The Balaban J connectivity index is 4.38. The molecule has 0 radical (unpaired) electrons. The molecule has 350 valence electrons. The van der Waals surface area contributed by atoms with E-state index in [0.717, 1.165) is 89.9 Å². The summed E-state index contributed by atoms with van der Waals surface area (Å²) in [5, 5.41) is 0. The Morgan fingerprint density at radius 2 is 0.633 bits per heavy atom. The number of allylic oxidation sites excluding steroid dienone is 6. The highest BCUT2D eigenvalue weighted by atomic mass is 16.6. The Morgan fingerprint density at radius 1 is 0.333 bits per heavy atom. The Labute approximate surface area is 372 Å². The fraction of sp³-hybridized carbons (Fsp3) is 0.833. The molecule has 0 bridgehead atoms. The summed E-state index contributed by atoms with van der Waals surface area (Å²) in [5.41, 5.74) is 0. The molecule has 60 heavy (non-hydrogen) atoms. The first-order valence-corrected chi connectivity index (χ1v) is 26.0. The zero-order valence-corrected chi connectivity index (χ0v) is 40.0. The van der Waals surface area contributed by atoms with Crippen molar-refractivity contribution in [2.45, 2.75) is 277 Å². The second-order valence-corrected chi connectivity index (χ2v) is 17.4. The summed E-state index contributed by atoms with van der Waals surface area (Å²) in [6.07, 6.45) is 56.9. The van der Waals surface area contributed by atoms with E-state index in [-0.39, 0.29) is 31.1 Å². The summed E-state index contributed by atoms with van der Waals surface area (Å²) in [4.78, 5) is 37.9. The SMILES string of the molecule is CCC/C=C\C/C=C\CCCCCCCC(=O)OCC(COC(=O)CCCCCCC/C=C\CCCCCCCC)OC(=O)CCCCCCCCCCCCCCCC. The van der Waals surface area contributed by atoms with Gasteiger partial charge in [0.1, 0.15) is 13.2 Å². The smallest absolute Gasteiger partial charge is 0.306 e. The van der Waals surface area contributed by atoms with Crippen LogP contribution in [0.2, 0.25) is 0 Å². The van der Waals surface area contributed by atoms with Gasteiger partial charge in [-0.3, -0.25) is 14.4 Å². The molecule has 0 fully saturated rings. The standard InChI is InChI=1S/C54H98O6/c1-4-7-10-13-16-19-22-25-27-30-32-35-38-41-44-47-53(56)59-50-51(49-58-52(55)46-43-40-37-34-31-28-24-21-18-15-12-9-6-3)60-54(57)48-45-42-39-36-33-29-26-23-20-17-14-11-8-5-2/h12,15,21,24-25,27,51H,4-11,13-14,16-20,22-23,26,28-50H2,1-3H3/b15-12-,24-21-,27-25-. The van der Waals surface area contributed by atoms with Crippen LogP contribution in [0.4, 0.5) is 0 Å². The van der Waals surface area contributed by atoms with Gasteiger partial charge in [0.05, 0.1) is 0 Å². The molecule has 0 heterocycles. The van der Waals surface area contributed by atoms with Crippen LogP contribution in [0.1, 0.15) is 271 Å². The van der Waals surface area contributed by atoms with Crippen molar-refractivity contribution in [1.82, 2.24) is 0 Å². The number of unbranched alkanes of at least 4 members (excludes halogenated alkanes) is 30. The largest absolute Gasteiger partial charge is 0.462 e. The summed E-state index contributed by atoms with van der Waals surface area (Å²) in [5.74, 6) is -0.890. The minimum absolute atomic E-state index is 0.0782. The first-order chi connectivity index (χ1) is 29.5. The van der Waals surface area contributed by atoms with Crippen LogP contribution in [-0.2, 0) is 28.6 Å². The normalized spacial score (nSPS) is 12.2. The summed E-state index contributed by atoms with van der Waals surface area (Å²) < 4.78 is 16.8. The van der Waals surface area contributed by atoms with Gasteiger partial charge in [-0.05, 0) is 70.6 Å². The minimum atomic E-state index is -0.777. The lowest BCUT2D eigenvalue weighted by atomic mass is 10.0. The third-order valence-electron chi connectivity index (χ3n) is 11.3. The Kier molecular flexibility index (Phi) is 47.3. The molecule has 0 aliphatic rings. The molecule has 0 aliphatic carbocycles. The predicted octanol–water partition coefficient (Wildman–Crippen LogP) is 16.9. The van der Waals surface area contributed by atoms with Crippen LogP contribution < -0.4 is 0 Å². The van der Waals surface area contributed by atoms with E-state index in [1.807, 2.05) is 0 Å². The van der Waals surface area contributed by atoms with Crippen molar-refractivity contribution < 1.29 is 28.6 Å². The third kappa shape index (κ3) is 46.7. The fourth-order valence-electron chi connectivity index (χ4n) is 7.42. The molecular formula is C54H98O6. The quantitative estimate of drug-likeness (QED) is 0.0263. The van der Waals surface area contributed by atoms with E-state index < -0.39 is 6.10 Å². The average Bonchev–Trinajstić information content (AvgIpc) is 3.24. The van der Waals surface area contributed by atoms with Gasteiger partial charge in [-0.1, -0.05) is 218 Å². The first kappa shape index (κ1) is 57.6. The van der Waals surface area contributed by atoms with Gasteiger partial charge < -0.3 is 14.2 Å². The molecule has 1 atom stereocenters. The van der Waals surface area contributed by atoms with Crippen molar-refractivity contribution in [2.24, 2.45) is 0 Å². The Bertz CT molecular complexity index is 1020. The lowest BCUT2D eigenvalue weighted by molar-refractivity contribution is -0.167. The van der Waals surface area contributed by atoms with E-state index in [0.29, 0.717) is 19.3 Å². The predicted molar refractivity (Wildman–Crippen MR) is 256 cm³/mol. The summed E-state index contributed by atoms with van der Waals surface area (Å²) in [6, 6.07) is 0. The lowest BCUT2D eigenvalue weighted by Gasteiger charge is -2.18. The number of esters is 3. The van der Waals surface area contributed by atoms with Crippen LogP contribution in [0.15, 0.2) is 36.5 Å². The van der Waals surface area contributed by atoms with Crippen molar-refractivity contribution in [1.29, 1.82) is 0 Å². The van der Waals surface area contributed by atoms with Gasteiger partial charge >= 0.3 is 17.9 Å². The van der Waals surface area contributed by atoms with E-state index in [1.165, 1.54) is 141 Å². The molecule has 6 heteroatoms. The molecule has 0 aromatic rings. The molecule has 0 aromatic heterocycles. The highest BCUT2D eigenvalue weighted by Gasteiger charge is 2.19. The average molecular weight is 843 g/mol. The molecule has 0 spiro atoms. The number of carbonyl (C=O) groups excluding carboxylic acids is 3. The van der Waals surface area contributed by atoms with Crippen molar-refractivity contribution in [3.05, 3.63) is 36.5 Å². The van der Waals surface area contributed by atoms with Crippen molar-refractivity contribution in [2.75, 3.05) is 13.2 Å². The van der Waals surface area contributed by atoms with Gasteiger partial charge in [0.15, 0.2) is 6.10 Å². The van der Waals surface area contributed by atoms with Gasteiger partial charge in [-0.2, -0.15) is 0 Å². The van der Waals surface area contributed by atoms with Crippen LogP contribution >= 0.6 is 0 Å². The molecule has 0 amide bonds. The van der Waals surface area contributed by atoms with E-state index >= 15 is 0 Å². The third-order valence-corrected chi connectivity index (χ3v) is 11.3. The molecule has 0 rings (SSSR count). The zero-order valence-electron chi connectivity index (χ0n) is 40.0. The van der Waals surface area contributed by atoms with Crippen LogP contribution in [0.3, 0.4) is 0 Å². The summed E-state index contributed by atoms with van der Waals surface area (Å²) >= 11 is 0. The number of hydrogen-bond donors (Lipinski definition) is 0. The molecule has 0 aromatic carbocycles. The maximum atomic E-state index is 12.8. The highest BCUT2D eigenvalue weighted by molar-refractivity contribution is 5.71. The first-order valence-electron chi connectivity index (χ1n) is 26.0. The molecule has 1 unspecified atom stereocenters. The molecule has 0 N–H and O–H groups in total. The van der Waals surface area contributed by atoms with Gasteiger partial charge in [-0.25, -0.2) is 0 Å². The van der Waals surface area contributed by atoms with E-state index in [1.54, 1.807) is 0 Å². The van der Waals surface area contributed by atoms with Crippen LogP contribution in [0, 0.1) is 0 Å². The molecule has 0 saturated heterocycles. The van der Waals surface area contributed by atoms with E-state index in [9.17, 15) is 14.4 Å². The van der Waals surface area contributed by atoms with Gasteiger partial charge in [0, 0.05) is 19.3 Å². The molecule has 0 saturated carbocycles. The van der Waals surface area contributed by atoms with Gasteiger partial charge in [0.2, 0.25) is 0 Å². The van der Waals surface area contributed by atoms with Crippen LogP contribution in [0.5, 0.6) is 0 Å².